The number of aromatic amines is 1. The maximum Gasteiger partial charge on any atom is 0.330 e. The second kappa shape index (κ2) is 13.5. The minimum Gasteiger partial charge on any atom is -0.481 e. The molecule has 2 aromatic carbocycles. The number of aliphatic carboxylic acids is 1. The van der Waals surface area contributed by atoms with Gasteiger partial charge in [0, 0.05) is 12.1 Å². The molecule has 2 heterocycles. The number of fused-ring (bicyclic) bond motifs is 1. The van der Waals surface area contributed by atoms with E-state index in [1.807, 2.05) is 48.5 Å². The van der Waals surface area contributed by atoms with Crippen LogP contribution in [0.5, 0.6) is 6.01 Å². The number of carbonyl (C=O) groups is 1. The summed E-state index contributed by atoms with van der Waals surface area (Å²) >= 11 is 0. The number of nitrogens with two attached hydrogens (primary N) is 1. The number of nitrogen functional groups attached to an aromatic ring is 1. The van der Waals surface area contributed by atoms with Crippen LogP contribution in [0.2, 0.25) is 0 Å². The number of ether oxygens (including phenoxy) is 2. The molecule has 1 atom stereocenters. The van der Waals surface area contributed by atoms with Crippen molar-refractivity contribution in [2.45, 2.75) is 45.4 Å². The van der Waals surface area contributed by atoms with Gasteiger partial charge in [0.05, 0.1) is 19.6 Å². The third-order valence-electron chi connectivity index (χ3n) is 6.07. The van der Waals surface area contributed by atoms with E-state index in [0.29, 0.717) is 43.9 Å². The SMILES string of the molecule is CCCCOc1nc(N)c2[nH]c(=O)n(C(OCCCNCc3cccc(CC(=O)O)c3)c3ccccc3)c2n1. The van der Waals surface area contributed by atoms with Gasteiger partial charge in [-0.3, -0.25) is 4.79 Å². The summed E-state index contributed by atoms with van der Waals surface area (Å²) in [5.74, 6) is -0.722. The summed E-state index contributed by atoms with van der Waals surface area (Å²) in [4.78, 5) is 35.5. The van der Waals surface area contributed by atoms with Gasteiger partial charge in [0.15, 0.2) is 17.7 Å². The number of anilines is 1. The standard InChI is InChI=1S/C28H34N6O5/c1-2-3-14-39-27-32-24(29)23-25(33-27)34(28(37)31-23)26(21-11-5-4-6-12-21)38-15-8-13-30-18-20-10-7-9-19(16-20)17-22(35)36/h4-7,9-12,16,26,30H,2-3,8,13-15,17-18H2,1H3,(H,31,37)(H,35,36)(H2,29,32,33). The average Bonchev–Trinajstić information content (AvgIpc) is 3.25. The molecule has 0 amide bonds. The van der Waals surface area contributed by atoms with Crippen LogP contribution in [-0.2, 0) is 22.5 Å². The topological polar surface area (TPSA) is 157 Å². The highest BCUT2D eigenvalue weighted by molar-refractivity contribution is 5.82. The number of nitrogens with one attached hydrogen (secondary N) is 2. The van der Waals surface area contributed by atoms with E-state index in [9.17, 15) is 9.59 Å². The van der Waals surface area contributed by atoms with Crippen molar-refractivity contribution in [2.24, 2.45) is 0 Å². The second-order valence-corrected chi connectivity index (χ2v) is 9.15. The van der Waals surface area contributed by atoms with Crippen molar-refractivity contribution in [1.82, 2.24) is 24.8 Å². The molecule has 0 bridgehead atoms. The van der Waals surface area contributed by atoms with Gasteiger partial charge in [-0.15, -0.1) is 0 Å². The molecular formula is C28H34N6O5. The summed E-state index contributed by atoms with van der Waals surface area (Å²) in [7, 11) is 0. The minimum atomic E-state index is -0.853. The molecule has 0 saturated carbocycles. The molecule has 0 spiro atoms. The number of benzene rings is 2. The number of nitrogens with zero attached hydrogens (tertiary/aromatic N) is 3. The van der Waals surface area contributed by atoms with E-state index in [1.54, 1.807) is 6.07 Å². The van der Waals surface area contributed by atoms with Crippen LogP contribution in [-0.4, -0.2) is 50.4 Å². The number of unbranched alkanes of at least 4 members (excludes halogenated alkanes) is 1. The first kappa shape index (κ1) is 27.8. The first-order valence-corrected chi connectivity index (χ1v) is 13.0. The van der Waals surface area contributed by atoms with Crippen LogP contribution in [0, 0.1) is 0 Å². The number of carboxylic acids is 1. The van der Waals surface area contributed by atoms with E-state index in [1.165, 1.54) is 4.57 Å². The van der Waals surface area contributed by atoms with Crippen molar-refractivity contribution in [2.75, 3.05) is 25.5 Å². The fourth-order valence-electron chi connectivity index (χ4n) is 4.18. The Morgan fingerprint density at radius 1 is 1.10 bits per heavy atom. The lowest BCUT2D eigenvalue weighted by Crippen LogP contribution is -2.26. The van der Waals surface area contributed by atoms with Crippen molar-refractivity contribution in [3.05, 3.63) is 81.8 Å². The van der Waals surface area contributed by atoms with Crippen molar-refractivity contribution in [3.63, 3.8) is 0 Å². The molecule has 39 heavy (non-hydrogen) atoms. The fraction of sp³-hybridized carbons (Fsp3) is 0.357. The fourth-order valence-corrected chi connectivity index (χ4v) is 4.18. The molecule has 0 aliphatic heterocycles. The minimum absolute atomic E-state index is 0.00130. The molecular weight excluding hydrogens is 500 g/mol. The highest BCUT2D eigenvalue weighted by Gasteiger charge is 2.23. The molecule has 4 aromatic rings. The van der Waals surface area contributed by atoms with E-state index in [2.05, 4.69) is 27.2 Å². The third kappa shape index (κ3) is 7.43. The van der Waals surface area contributed by atoms with Crippen LogP contribution in [0.25, 0.3) is 11.2 Å². The Kier molecular flexibility index (Phi) is 9.65. The third-order valence-corrected chi connectivity index (χ3v) is 6.07. The summed E-state index contributed by atoms with van der Waals surface area (Å²) in [5.41, 5.74) is 8.92. The van der Waals surface area contributed by atoms with Crippen LogP contribution < -0.4 is 21.5 Å². The zero-order valence-electron chi connectivity index (χ0n) is 21.9. The molecule has 4 rings (SSSR count). The lowest BCUT2D eigenvalue weighted by Gasteiger charge is -2.20. The predicted octanol–water partition coefficient (Wildman–Crippen LogP) is 3.25. The largest absolute Gasteiger partial charge is 0.481 e. The smallest absolute Gasteiger partial charge is 0.330 e. The van der Waals surface area contributed by atoms with Gasteiger partial charge >= 0.3 is 17.7 Å². The van der Waals surface area contributed by atoms with E-state index in [-0.39, 0.29) is 18.2 Å². The van der Waals surface area contributed by atoms with Gasteiger partial charge < -0.3 is 30.6 Å². The van der Waals surface area contributed by atoms with Crippen molar-refractivity contribution in [1.29, 1.82) is 0 Å². The molecule has 5 N–H and O–H groups in total. The van der Waals surface area contributed by atoms with Crippen LogP contribution in [0.4, 0.5) is 5.82 Å². The van der Waals surface area contributed by atoms with Crippen molar-refractivity contribution in [3.8, 4) is 6.01 Å². The Labute approximate surface area is 226 Å². The number of carboxylic acid groups (broad SMARTS) is 1. The maximum atomic E-state index is 13.1. The number of H-pyrrole nitrogens is 1. The molecule has 11 heteroatoms. The molecule has 2 aromatic heterocycles. The lowest BCUT2D eigenvalue weighted by atomic mass is 10.1. The van der Waals surface area contributed by atoms with E-state index in [4.69, 9.17) is 20.3 Å². The second-order valence-electron chi connectivity index (χ2n) is 9.15. The monoisotopic (exact) mass is 534 g/mol. The van der Waals surface area contributed by atoms with Crippen LogP contribution >= 0.6 is 0 Å². The van der Waals surface area contributed by atoms with Crippen molar-refractivity contribution < 1.29 is 19.4 Å². The molecule has 1 unspecified atom stereocenters. The molecule has 0 radical (unpaired) electrons. The van der Waals surface area contributed by atoms with Gasteiger partial charge in [-0.25, -0.2) is 9.36 Å². The Morgan fingerprint density at radius 2 is 1.90 bits per heavy atom. The summed E-state index contributed by atoms with van der Waals surface area (Å²) < 4.78 is 13.4. The highest BCUT2D eigenvalue weighted by Crippen LogP contribution is 2.25. The van der Waals surface area contributed by atoms with Gasteiger partial charge in [0.1, 0.15) is 5.52 Å². The summed E-state index contributed by atoms with van der Waals surface area (Å²) in [6, 6.07) is 17.1. The molecule has 206 valence electrons. The number of imidazole rings is 1. The van der Waals surface area contributed by atoms with Crippen LogP contribution in [0.15, 0.2) is 59.4 Å². The maximum absolute atomic E-state index is 13.1. The Morgan fingerprint density at radius 3 is 2.67 bits per heavy atom. The summed E-state index contributed by atoms with van der Waals surface area (Å²) in [5, 5.41) is 12.4. The number of hydrogen-bond donors (Lipinski definition) is 4. The van der Waals surface area contributed by atoms with Crippen LogP contribution in [0.3, 0.4) is 0 Å². The molecule has 0 aliphatic carbocycles. The van der Waals surface area contributed by atoms with Gasteiger partial charge in [-0.1, -0.05) is 67.9 Å². The van der Waals surface area contributed by atoms with Gasteiger partial charge in [-0.05, 0) is 30.5 Å². The Hall–Kier alpha value is -4.22. The molecule has 0 aliphatic rings. The molecule has 0 saturated heterocycles. The normalized spacial score (nSPS) is 12.0. The Balaban J connectivity index is 1.45. The van der Waals surface area contributed by atoms with E-state index in [0.717, 1.165) is 29.5 Å². The zero-order valence-corrected chi connectivity index (χ0v) is 21.9. The van der Waals surface area contributed by atoms with Crippen molar-refractivity contribution >= 4 is 23.0 Å². The highest BCUT2D eigenvalue weighted by atomic mass is 16.5. The van der Waals surface area contributed by atoms with Gasteiger partial charge in [0.25, 0.3) is 0 Å². The zero-order chi connectivity index (χ0) is 27.6. The molecule has 0 fully saturated rings. The van der Waals surface area contributed by atoms with Gasteiger partial charge in [0.2, 0.25) is 0 Å². The Bertz CT molecular complexity index is 1440. The summed E-state index contributed by atoms with van der Waals surface area (Å²) in [6.45, 7) is 4.14. The quantitative estimate of drug-likeness (QED) is 0.168. The van der Waals surface area contributed by atoms with Crippen LogP contribution in [0.1, 0.15) is 49.1 Å². The average molecular weight is 535 g/mol. The van der Waals surface area contributed by atoms with Gasteiger partial charge in [-0.2, -0.15) is 9.97 Å². The summed E-state index contributed by atoms with van der Waals surface area (Å²) in [6.07, 6.45) is 1.75. The number of hydrogen-bond acceptors (Lipinski definition) is 8. The number of aromatic nitrogens is 4. The number of rotatable bonds is 15. The molecule has 11 nitrogen and oxygen atoms in total. The lowest BCUT2D eigenvalue weighted by molar-refractivity contribution is -0.136. The predicted molar refractivity (Wildman–Crippen MR) is 148 cm³/mol. The first-order valence-electron chi connectivity index (χ1n) is 13.0. The van der Waals surface area contributed by atoms with E-state index < -0.39 is 17.9 Å². The van der Waals surface area contributed by atoms with E-state index >= 15 is 0 Å². The first-order chi connectivity index (χ1) is 19.0.